The van der Waals surface area contributed by atoms with Crippen molar-refractivity contribution in [3.05, 3.63) is 23.8 Å². The van der Waals surface area contributed by atoms with Gasteiger partial charge in [0.1, 0.15) is 5.75 Å². The Balaban J connectivity index is 2.41. The number of hydrogen-bond acceptors (Lipinski definition) is 3. The van der Waals surface area contributed by atoms with Gasteiger partial charge in [0.05, 0.1) is 11.5 Å². The van der Waals surface area contributed by atoms with Gasteiger partial charge in [-0.1, -0.05) is 13.8 Å². The number of hydrogen-bond donors (Lipinski definition) is 0. The van der Waals surface area contributed by atoms with E-state index in [1.807, 2.05) is 6.92 Å². The summed E-state index contributed by atoms with van der Waals surface area (Å²) in [5.74, 6) is 1.08. The van der Waals surface area contributed by atoms with Crippen LogP contribution in [0.15, 0.2) is 23.1 Å². The first-order valence-corrected chi connectivity index (χ1v) is 9.21. The van der Waals surface area contributed by atoms with Crippen LogP contribution < -0.4 is 4.74 Å². The molecule has 1 aromatic carbocycles. The van der Waals surface area contributed by atoms with Crippen molar-refractivity contribution in [3.8, 4) is 5.75 Å². The Hall–Kier alpha value is -1.07. The van der Waals surface area contributed by atoms with Crippen molar-refractivity contribution in [1.82, 2.24) is 4.31 Å². The van der Waals surface area contributed by atoms with Crippen LogP contribution in [-0.2, 0) is 10.0 Å². The molecular weight excluding hydrogens is 286 g/mol. The molecule has 1 unspecified atom stereocenters. The minimum atomic E-state index is -3.36. The lowest BCUT2D eigenvalue weighted by atomic mass is 9.98. The molecule has 0 bridgehead atoms. The molecule has 5 heteroatoms. The molecule has 0 radical (unpaired) electrons. The van der Waals surface area contributed by atoms with Gasteiger partial charge < -0.3 is 4.74 Å². The zero-order valence-corrected chi connectivity index (χ0v) is 13.9. The molecule has 1 heterocycles. The molecule has 0 aromatic heterocycles. The number of benzene rings is 1. The second-order valence-electron chi connectivity index (χ2n) is 5.55. The first kappa shape index (κ1) is 16.3. The minimum absolute atomic E-state index is 0.278. The highest BCUT2D eigenvalue weighted by Gasteiger charge is 2.28. The monoisotopic (exact) mass is 311 g/mol. The summed E-state index contributed by atoms with van der Waals surface area (Å²) in [6.45, 7) is 7.99. The van der Waals surface area contributed by atoms with Crippen molar-refractivity contribution in [2.75, 3.05) is 19.7 Å². The van der Waals surface area contributed by atoms with Gasteiger partial charge in [0.2, 0.25) is 10.0 Å². The van der Waals surface area contributed by atoms with Crippen LogP contribution in [0.4, 0.5) is 0 Å². The highest BCUT2D eigenvalue weighted by atomic mass is 32.2. The van der Waals surface area contributed by atoms with E-state index >= 15 is 0 Å². The first-order valence-electron chi connectivity index (χ1n) is 7.77. The largest absolute Gasteiger partial charge is 0.494 e. The SMILES string of the molecule is CCOc1ccc(S(=O)(=O)N2CCCC2)cc1C(C)CC. The van der Waals surface area contributed by atoms with E-state index in [1.54, 1.807) is 22.5 Å². The topological polar surface area (TPSA) is 46.6 Å². The standard InChI is InChI=1S/C16H25NO3S/c1-4-13(3)15-12-14(8-9-16(15)20-5-2)21(18,19)17-10-6-7-11-17/h8-9,12-13H,4-7,10-11H2,1-3H3. The van der Waals surface area contributed by atoms with Crippen molar-refractivity contribution in [1.29, 1.82) is 0 Å². The molecular formula is C16H25NO3S. The predicted octanol–water partition coefficient (Wildman–Crippen LogP) is 3.38. The fraction of sp³-hybridized carbons (Fsp3) is 0.625. The Kier molecular flexibility index (Phi) is 5.27. The lowest BCUT2D eigenvalue weighted by Crippen LogP contribution is -2.28. The van der Waals surface area contributed by atoms with E-state index in [9.17, 15) is 8.42 Å². The maximum Gasteiger partial charge on any atom is 0.243 e. The van der Waals surface area contributed by atoms with Crippen LogP contribution in [0.2, 0.25) is 0 Å². The summed E-state index contributed by atoms with van der Waals surface area (Å²) in [6.07, 6.45) is 2.86. The molecule has 1 atom stereocenters. The molecule has 0 N–H and O–H groups in total. The van der Waals surface area contributed by atoms with Crippen LogP contribution in [0.3, 0.4) is 0 Å². The fourth-order valence-electron chi connectivity index (χ4n) is 2.66. The van der Waals surface area contributed by atoms with E-state index in [-0.39, 0.29) is 5.92 Å². The van der Waals surface area contributed by atoms with Gasteiger partial charge in [0.25, 0.3) is 0 Å². The molecule has 1 aromatic rings. The second kappa shape index (κ2) is 6.79. The molecule has 118 valence electrons. The smallest absolute Gasteiger partial charge is 0.243 e. The Labute approximate surface area is 128 Å². The number of rotatable bonds is 6. The van der Waals surface area contributed by atoms with E-state index in [0.29, 0.717) is 24.6 Å². The Morgan fingerprint density at radius 3 is 2.48 bits per heavy atom. The molecule has 4 nitrogen and oxygen atoms in total. The summed E-state index contributed by atoms with van der Waals surface area (Å²) in [6, 6.07) is 5.27. The minimum Gasteiger partial charge on any atom is -0.494 e. The van der Waals surface area contributed by atoms with E-state index in [0.717, 1.165) is 30.6 Å². The van der Waals surface area contributed by atoms with Crippen LogP contribution >= 0.6 is 0 Å². The van der Waals surface area contributed by atoms with Crippen molar-refractivity contribution in [2.24, 2.45) is 0 Å². The third kappa shape index (κ3) is 3.40. The maximum absolute atomic E-state index is 12.7. The van der Waals surface area contributed by atoms with Crippen molar-refractivity contribution < 1.29 is 13.2 Å². The summed E-state index contributed by atoms with van der Waals surface area (Å²) in [5, 5.41) is 0. The molecule has 0 amide bonds. The second-order valence-corrected chi connectivity index (χ2v) is 7.49. The zero-order valence-electron chi connectivity index (χ0n) is 13.1. The quantitative estimate of drug-likeness (QED) is 0.809. The summed E-state index contributed by atoms with van der Waals surface area (Å²) in [4.78, 5) is 0.392. The van der Waals surface area contributed by atoms with Crippen LogP contribution in [0.5, 0.6) is 5.75 Å². The van der Waals surface area contributed by atoms with Crippen molar-refractivity contribution in [3.63, 3.8) is 0 Å². The molecule has 1 saturated heterocycles. The predicted molar refractivity (Wildman–Crippen MR) is 84.3 cm³/mol. The van der Waals surface area contributed by atoms with E-state index in [1.165, 1.54) is 0 Å². The third-order valence-electron chi connectivity index (χ3n) is 4.13. The Bertz CT molecular complexity index is 577. The molecule has 0 saturated carbocycles. The normalized spacial score (nSPS) is 17.9. The number of ether oxygens (including phenoxy) is 1. The molecule has 2 rings (SSSR count). The molecule has 0 aliphatic carbocycles. The van der Waals surface area contributed by atoms with E-state index in [2.05, 4.69) is 13.8 Å². The highest BCUT2D eigenvalue weighted by molar-refractivity contribution is 7.89. The fourth-order valence-corrected chi connectivity index (χ4v) is 4.21. The van der Waals surface area contributed by atoms with Gasteiger partial charge in [0, 0.05) is 13.1 Å². The van der Waals surface area contributed by atoms with Gasteiger partial charge in [-0.15, -0.1) is 0 Å². The number of sulfonamides is 1. The van der Waals surface area contributed by atoms with Crippen LogP contribution in [0.1, 0.15) is 51.5 Å². The van der Waals surface area contributed by atoms with Gasteiger partial charge in [-0.2, -0.15) is 4.31 Å². The number of nitrogens with zero attached hydrogens (tertiary/aromatic N) is 1. The molecule has 21 heavy (non-hydrogen) atoms. The van der Waals surface area contributed by atoms with Crippen LogP contribution in [0, 0.1) is 0 Å². The Morgan fingerprint density at radius 2 is 1.90 bits per heavy atom. The van der Waals surface area contributed by atoms with Crippen molar-refractivity contribution >= 4 is 10.0 Å². The lowest BCUT2D eigenvalue weighted by molar-refractivity contribution is 0.334. The maximum atomic E-state index is 12.7. The highest BCUT2D eigenvalue weighted by Crippen LogP contribution is 2.32. The average Bonchev–Trinajstić information content (AvgIpc) is 3.02. The first-order chi connectivity index (χ1) is 10.0. The average molecular weight is 311 g/mol. The summed E-state index contributed by atoms with van der Waals surface area (Å²) in [5.41, 5.74) is 0.986. The van der Waals surface area contributed by atoms with Crippen LogP contribution in [0.25, 0.3) is 0 Å². The Morgan fingerprint density at radius 1 is 1.24 bits per heavy atom. The van der Waals surface area contributed by atoms with E-state index < -0.39 is 10.0 Å². The van der Waals surface area contributed by atoms with Crippen molar-refractivity contribution in [2.45, 2.75) is 50.8 Å². The van der Waals surface area contributed by atoms with Gasteiger partial charge in [-0.05, 0) is 55.9 Å². The van der Waals surface area contributed by atoms with E-state index in [4.69, 9.17) is 4.74 Å². The molecule has 1 aliphatic rings. The van der Waals surface area contributed by atoms with Gasteiger partial charge >= 0.3 is 0 Å². The molecule has 0 spiro atoms. The summed E-state index contributed by atoms with van der Waals surface area (Å²) < 4.78 is 32.5. The van der Waals surface area contributed by atoms with Gasteiger partial charge in [0.15, 0.2) is 0 Å². The lowest BCUT2D eigenvalue weighted by Gasteiger charge is -2.19. The molecule has 1 aliphatic heterocycles. The van der Waals surface area contributed by atoms with Gasteiger partial charge in [-0.25, -0.2) is 8.42 Å². The summed E-state index contributed by atoms with van der Waals surface area (Å²) >= 11 is 0. The zero-order chi connectivity index (χ0) is 15.5. The molecule has 1 fully saturated rings. The van der Waals surface area contributed by atoms with Crippen LogP contribution in [-0.4, -0.2) is 32.4 Å². The van der Waals surface area contributed by atoms with Gasteiger partial charge in [-0.3, -0.25) is 0 Å². The summed E-state index contributed by atoms with van der Waals surface area (Å²) in [7, 11) is -3.36. The third-order valence-corrected chi connectivity index (χ3v) is 6.02.